The average Bonchev–Trinajstić information content (AvgIpc) is 1.59. The van der Waals surface area contributed by atoms with E-state index in [1.165, 1.54) is 0 Å². The number of rotatable bonds is 1. The van der Waals surface area contributed by atoms with Crippen molar-refractivity contribution in [2.75, 3.05) is 7.05 Å². The van der Waals surface area contributed by atoms with E-state index in [1.807, 2.05) is 27.8 Å². The summed E-state index contributed by atoms with van der Waals surface area (Å²) >= 11 is 2.06. The summed E-state index contributed by atoms with van der Waals surface area (Å²) in [5, 5.41) is 7.84. The van der Waals surface area contributed by atoms with E-state index < -0.39 is 0 Å². The minimum atomic E-state index is -0.0561. The maximum Gasteiger partial charge on any atom is 0.0795 e. The Balaban J connectivity index is 3.71. The van der Waals surface area contributed by atoms with E-state index in [2.05, 4.69) is 33.2 Å². The topological polar surface area (TPSA) is 28.0 Å². The van der Waals surface area contributed by atoms with Crippen LogP contribution in [0, 0.1) is 0 Å². The van der Waals surface area contributed by atoms with Gasteiger partial charge in [0.25, 0.3) is 0 Å². The first-order chi connectivity index (χ1) is 3.92. The lowest BCUT2D eigenvalue weighted by Gasteiger charge is -2.09. The highest BCUT2D eigenvalue weighted by Crippen LogP contribution is 2.08. The van der Waals surface area contributed by atoms with Gasteiger partial charge in [-0.2, -0.15) is 5.11 Å². The molecule has 0 bridgehead atoms. The van der Waals surface area contributed by atoms with Crippen molar-refractivity contribution in [2.24, 2.45) is 10.3 Å². The van der Waals surface area contributed by atoms with Gasteiger partial charge in [-0.05, 0) is 20.8 Å². The fourth-order valence-corrected chi connectivity index (χ4v) is 0.292. The number of nitrogens with zero attached hydrogens (tertiary/aromatic N) is 3. The maximum absolute atomic E-state index is 4.00. The van der Waals surface area contributed by atoms with Gasteiger partial charge >= 0.3 is 0 Å². The lowest BCUT2D eigenvalue weighted by atomic mass is 10.1. The van der Waals surface area contributed by atoms with Crippen molar-refractivity contribution >= 4 is 22.9 Å². The van der Waals surface area contributed by atoms with Gasteiger partial charge in [0.15, 0.2) is 0 Å². The van der Waals surface area contributed by atoms with Crippen molar-refractivity contribution in [3.63, 3.8) is 0 Å². The van der Waals surface area contributed by atoms with E-state index in [1.54, 1.807) is 3.22 Å². The molecule has 0 radical (unpaired) electrons. The molecule has 0 aliphatic carbocycles. The molecule has 0 heterocycles. The second kappa shape index (κ2) is 3.34. The first-order valence-corrected chi connectivity index (χ1v) is 3.70. The highest BCUT2D eigenvalue weighted by molar-refractivity contribution is 14.1. The number of hydrogen-bond donors (Lipinski definition) is 0. The van der Waals surface area contributed by atoms with Gasteiger partial charge in [-0.15, -0.1) is 0 Å². The molecule has 0 spiro atoms. The molecule has 0 saturated heterocycles. The molecule has 0 aliphatic rings. The smallest absolute Gasteiger partial charge is 0.0795 e. The molecule has 0 aromatic carbocycles. The minimum absolute atomic E-state index is 0.0561. The third kappa shape index (κ3) is 8.13. The van der Waals surface area contributed by atoms with Crippen LogP contribution in [-0.4, -0.2) is 15.8 Å². The summed E-state index contributed by atoms with van der Waals surface area (Å²) in [6.45, 7) is 6.03. The van der Waals surface area contributed by atoms with Crippen LogP contribution in [-0.2, 0) is 0 Å². The molecule has 4 heteroatoms. The van der Waals surface area contributed by atoms with Gasteiger partial charge in [-0.25, -0.2) is 3.22 Å². The highest BCUT2D eigenvalue weighted by atomic mass is 127. The molecule has 0 fully saturated rings. The average molecular weight is 241 g/mol. The zero-order valence-corrected chi connectivity index (χ0v) is 8.38. The summed E-state index contributed by atoms with van der Waals surface area (Å²) in [5.41, 5.74) is -0.0561. The Morgan fingerprint density at radius 3 is 1.89 bits per heavy atom. The summed E-state index contributed by atoms with van der Waals surface area (Å²) in [6.07, 6.45) is 0. The predicted molar refractivity (Wildman–Crippen MR) is 46.4 cm³/mol. The zero-order valence-electron chi connectivity index (χ0n) is 6.22. The van der Waals surface area contributed by atoms with Crippen molar-refractivity contribution in [3.05, 3.63) is 0 Å². The Hall–Kier alpha value is 0.130. The third-order valence-corrected chi connectivity index (χ3v) is 0.661. The predicted octanol–water partition coefficient (Wildman–Crippen LogP) is 2.43. The van der Waals surface area contributed by atoms with Gasteiger partial charge < -0.3 is 0 Å². The van der Waals surface area contributed by atoms with Crippen LogP contribution < -0.4 is 0 Å². The van der Waals surface area contributed by atoms with Crippen LogP contribution in [0.4, 0.5) is 0 Å². The fraction of sp³-hybridized carbons (Fsp3) is 1.00. The van der Waals surface area contributed by atoms with Gasteiger partial charge in [0.05, 0.1) is 28.4 Å². The zero-order chi connectivity index (χ0) is 7.49. The second-order valence-corrected chi connectivity index (χ2v) is 4.20. The Labute approximate surface area is 70.0 Å². The van der Waals surface area contributed by atoms with Crippen molar-refractivity contribution < 1.29 is 0 Å². The summed E-state index contributed by atoms with van der Waals surface area (Å²) in [7, 11) is 1.84. The quantitative estimate of drug-likeness (QED) is 0.300. The van der Waals surface area contributed by atoms with Gasteiger partial charge in [0.1, 0.15) is 0 Å². The van der Waals surface area contributed by atoms with E-state index in [4.69, 9.17) is 0 Å². The summed E-state index contributed by atoms with van der Waals surface area (Å²) < 4.78 is 1.66. The Bertz CT molecular complexity index is 103. The Morgan fingerprint density at radius 1 is 1.33 bits per heavy atom. The van der Waals surface area contributed by atoms with E-state index in [0.29, 0.717) is 0 Å². The van der Waals surface area contributed by atoms with Crippen molar-refractivity contribution in [3.8, 4) is 0 Å². The van der Waals surface area contributed by atoms with Crippen LogP contribution >= 0.6 is 22.9 Å². The number of hydrogen-bond acceptors (Lipinski definition) is 2. The molecular weight excluding hydrogens is 229 g/mol. The molecule has 0 N–H and O–H groups in total. The molecule has 0 saturated carbocycles. The molecule has 0 aromatic rings. The van der Waals surface area contributed by atoms with Crippen LogP contribution in [0.25, 0.3) is 0 Å². The van der Waals surface area contributed by atoms with E-state index in [0.717, 1.165) is 0 Å². The van der Waals surface area contributed by atoms with Gasteiger partial charge in [0.2, 0.25) is 0 Å². The third-order valence-electron chi connectivity index (χ3n) is 0.468. The molecule has 0 rings (SSSR count). The standard InChI is InChI=1S/C5H12IN3/c1-5(2,3)7-8-9(4)6/h1-4H3/b8-7+. The van der Waals surface area contributed by atoms with Gasteiger partial charge in [0, 0.05) is 7.05 Å². The Kier molecular flexibility index (Phi) is 3.38. The molecule has 54 valence electrons. The first-order valence-electron chi connectivity index (χ1n) is 2.74. The normalized spacial score (nSPS) is 12.6. The summed E-state index contributed by atoms with van der Waals surface area (Å²) in [5.74, 6) is 0. The van der Waals surface area contributed by atoms with E-state index >= 15 is 0 Å². The molecule has 9 heavy (non-hydrogen) atoms. The van der Waals surface area contributed by atoms with Crippen molar-refractivity contribution in [1.29, 1.82) is 0 Å². The highest BCUT2D eigenvalue weighted by Gasteiger charge is 2.06. The number of halogens is 1. The molecule has 0 atom stereocenters. The molecular formula is C5H12IN3. The van der Waals surface area contributed by atoms with Crippen LogP contribution in [0.5, 0.6) is 0 Å². The molecule has 0 aliphatic heterocycles. The van der Waals surface area contributed by atoms with Crippen molar-refractivity contribution in [1.82, 2.24) is 3.22 Å². The molecule has 3 nitrogen and oxygen atoms in total. The van der Waals surface area contributed by atoms with E-state index in [9.17, 15) is 0 Å². The molecule has 0 amide bonds. The van der Waals surface area contributed by atoms with Crippen LogP contribution in [0.3, 0.4) is 0 Å². The van der Waals surface area contributed by atoms with Crippen LogP contribution in [0.1, 0.15) is 20.8 Å². The van der Waals surface area contributed by atoms with Gasteiger partial charge in [-0.3, -0.25) is 0 Å². The van der Waals surface area contributed by atoms with Crippen LogP contribution in [0.2, 0.25) is 0 Å². The monoisotopic (exact) mass is 241 g/mol. The van der Waals surface area contributed by atoms with Crippen molar-refractivity contribution in [2.45, 2.75) is 26.3 Å². The lowest BCUT2D eigenvalue weighted by molar-refractivity contribution is 0.480. The fourth-order valence-electron chi connectivity index (χ4n) is 0.196. The summed E-state index contributed by atoms with van der Waals surface area (Å²) in [4.78, 5) is 0. The minimum Gasteiger partial charge on any atom is -0.221 e. The largest absolute Gasteiger partial charge is 0.221 e. The lowest BCUT2D eigenvalue weighted by Crippen LogP contribution is -2.09. The van der Waals surface area contributed by atoms with E-state index in [-0.39, 0.29) is 5.54 Å². The van der Waals surface area contributed by atoms with Crippen LogP contribution in [0.15, 0.2) is 10.3 Å². The SMILES string of the molecule is CN(I)/N=N/C(C)(C)C. The molecule has 0 unspecified atom stereocenters. The summed E-state index contributed by atoms with van der Waals surface area (Å²) in [6, 6.07) is 0. The maximum atomic E-state index is 4.00. The second-order valence-electron chi connectivity index (χ2n) is 2.80. The first kappa shape index (κ1) is 9.13. The molecule has 0 aromatic heterocycles. The van der Waals surface area contributed by atoms with Gasteiger partial charge in [-0.1, -0.05) is 5.22 Å². The Morgan fingerprint density at radius 2 is 1.78 bits per heavy atom.